The molecule has 23 heavy (non-hydrogen) atoms. The zero-order valence-corrected chi connectivity index (χ0v) is 12.9. The molecule has 0 radical (unpaired) electrons. The predicted molar refractivity (Wildman–Crippen MR) is 82.1 cm³/mol. The Labute approximate surface area is 132 Å². The Balaban J connectivity index is 1.83. The van der Waals surface area contributed by atoms with Crippen LogP contribution in [0.3, 0.4) is 0 Å². The molecule has 1 amide bonds. The van der Waals surface area contributed by atoms with Gasteiger partial charge in [-0.2, -0.15) is 4.52 Å². The minimum Gasteiger partial charge on any atom is -0.459 e. The first kappa shape index (κ1) is 15.2. The van der Waals surface area contributed by atoms with Gasteiger partial charge in [0.25, 0.3) is 5.95 Å². The molecule has 2 aromatic rings. The Hall–Kier alpha value is -2.71. The number of nitrogens with zero attached hydrogens (tertiary/aromatic N) is 5. The molecule has 1 saturated heterocycles. The van der Waals surface area contributed by atoms with Gasteiger partial charge in [-0.15, -0.1) is 15.3 Å². The van der Waals surface area contributed by atoms with Crippen LogP contribution in [0.4, 0.5) is 11.8 Å². The Kier molecular flexibility index (Phi) is 4.35. The molecule has 3 rings (SSSR count). The Morgan fingerprint density at radius 1 is 1.22 bits per heavy atom. The van der Waals surface area contributed by atoms with Crippen molar-refractivity contribution >= 4 is 29.3 Å². The van der Waals surface area contributed by atoms with Crippen molar-refractivity contribution in [2.45, 2.75) is 26.2 Å². The summed E-state index contributed by atoms with van der Waals surface area (Å²) < 4.78 is 6.06. The van der Waals surface area contributed by atoms with Crippen LogP contribution in [0.15, 0.2) is 12.1 Å². The third-order valence-corrected chi connectivity index (χ3v) is 3.61. The van der Waals surface area contributed by atoms with E-state index < -0.39 is 11.9 Å². The van der Waals surface area contributed by atoms with E-state index in [9.17, 15) is 9.59 Å². The lowest BCUT2D eigenvalue weighted by molar-refractivity contribution is -0.152. The summed E-state index contributed by atoms with van der Waals surface area (Å²) in [6.45, 7) is 3.66. The summed E-state index contributed by atoms with van der Waals surface area (Å²) in [6, 6.07) is 3.66. The van der Waals surface area contributed by atoms with Crippen LogP contribution in [0, 0.1) is 0 Å². The molecule has 0 bridgehead atoms. The quantitative estimate of drug-likeness (QED) is 0.653. The van der Waals surface area contributed by atoms with Crippen molar-refractivity contribution in [2.24, 2.45) is 0 Å². The van der Waals surface area contributed by atoms with E-state index >= 15 is 0 Å². The van der Waals surface area contributed by atoms with Crippen molar-refractivity contribution < 1.29 is 14.3 Å². The number of carbonyl (C=O) groups excluding carboxylic acids is 2. The molecule has 9 nitrogen and oxygen atoms in total. The summed E-state index contributed by atoms with van der Waals surface area (Å²) in [5.41, 5.74) is 0.491. The highest BCUT2D eigenvalue weighted by molar-refractivity contribution is 6.37. The van der Waals surface area contributed by atoms with Gasteiger partial charge < -0.3 is 9.64 Å². The number of hydrogen-bond donors (Lipinski definition) is 1. The second-order valence-electron chi connectivity index (χ2n) is 5.21. The van der Waals surface area contributed by atoms with Gasteiger partial charge in [0.2, 0.25) is 0 Å². The van der Waals surface area contributed by atoms with Gasteiger partial charge in [-0.25, -0.2) is 4.79 Å². The van der Waals surface area contributed by atoms with Crippen LogP contribution in [-0.2, 0) is 14.3 Å². The first-order chi connectivity index (χ1) is 11.2. The summed E-state index contributed by atoms with van der Waals surface area (Å²) in [5, 5.41) is 14.6. The number of aromatic nitrogens is 4. The SMILES string of the molecule is CCOC(=O)C(=O)Nc1nnc2ccc(N3CCCCC3)nn12. The maximum absolute atomic E-state index is 11.7. The number of carbonyl (C=O) groups is 2. The molecule has 0 atom stereocenters. The highest BCUT2D eigenvalue weighted by Crippen LogP contribution is 2.18. The molecule has 0 aliphatic carbocycles. The molecule has 0 unspecified atom stereocenters. The standard InChI is InChI=1S/C14H18N6O3/c1-2-23-13(22)12(21)15-14-17-16-10-6-7-11(18-20(10)14)19-8-4-3-5-9-19/h6-7H,2-5,8-9H2,1H3,(H,15,17,21). The summed E-state index contributed by atoms with van der Waals surface area (Å²) in [5.74, 6) is -0.969. The van der Waals surface area contributed by atoms with Crippen molar-refractivity contribution in [2.75, 3.05) is 29.9 Å². The maximum Gasteiger partial charge on any atom is 0.397 e. The number of esters is 1. The fourth-order valence-electron chi connectivity index (χ4n) is 2.50. The number of piperidine rings is 1. The Bertz CT molecular complexity index is 722. The van der Waals surface area contributed by atoms with E-state index in [0.717, 1.165) is 31.7 Å². The summed E-state index contributed by atoms with van der Waals surface area (Å²) in [6.07, 6.45) is 3.49. The molecule has 1 aliphatic rings. The molecule has 0 aromatic carbocycles. The number of fused-ring (bicyclic) bond motifs is 1. The minimum absolute atomic E-state index is 0.0944. The van der Waals surface area contributed by atoms with Crippen molar-refractivity contribution in [3.63, 3.8) is 0 Å². The average molecular weight is 318 g/mol. The molecule has 122 valence electrons. The molecule has 2 aromatic heterocycles. The van der Waals surface area contributed by atoms with Crippen molar-refractivity contribution in [3.05, 3.63) is 12.1 Å². The van der Waals surface area contributed by atoms with Crippen molar-refractivity contribution in [1.29, 1.82) is 0 Å². The number of ether oxygens (including phenoxy) is 1. The average Bonchev–Trinajstić information content (AvgIpc) is 2.98. The summed E-state index contributed by atoms with van der Waals surface area (Å²) in [7, 11) is 0. The van der Waals surface area contributed by atoms with E-state index in [1.807, 2.05) is 6.07 Å². The monoisotopic (exact) mass is 318 g/mol. The third-order valence-electron chi connectivity index (χ3n) is 3.61. The van der Waals surface area contributed by atoms with Gasteiger partial charge in [0.1, 0.15) is 5.82 Å². The summed E-state index contributed by atoms with van der Waals surface area (Å²) in [4.78, 5) is 25.3. The van der Waals surface area contributed by atoms with E-state index in [-0.39, 0.29) is 12.6 Å². The molecule has 0 spiro atoms. The van der Waals surface area contributed by atoms with Gasteiger partial charge in [-0.3, -0.25) is 10.1 Å². The van der Waals surface area contributed by atoms with Crippen LogP contribution in [0.5, 0.6) is 0 Å². The molecule has 9 heteroatoms. The lowest BCUT2D eigenvalue weighted by Crippen LogP contribution is -2.30. The number of nitrogens with one attached hydrogen (secondary N) is 1. The van der Waals surface area contributed by atoms with Crippen LogP contribution in [0.2, 0.25) is 0 Å². The fraction of sp³-hybridized carbons (Fsp3) is 0.500. The van der Waals surface area contributed by atoms with Crippen LogP contribution < -0.4 is 10.2 Å². The number of hydrogen-bond acceptors (Lipinski definition) is 7. The first-order valence-electron chi connectivity index (χ1n) is 7.64. The third kappa shape index (κ3) is 3.22. The van der Waals surface area contributed by atoms with Crippen LogP contribution >= 0.6 is 0 Å². The van der Waals surface area contributed by atoms with Crippen molar-refractivity contribution in [3.8, 4) is 0 Å². The smallest absolute Gasteiger partial charge is 0.397 e. The number of amides is 1. The van der Waals surface area contributed by atoms with E-state index in [4.69, 9.17) is 0 Å². The molecular formula is C14H18N6O3. The van der Waals surface area contributed by atoms with Gasteiger partial charge in [0.05, 0.1) is 6.61 Å². The first-order valence-corrected chi connectivity index (χ1v) is 7.64. The fourth-order valence-corrected chi connectivity index (χ4v) is 2.50. The van der Waals surface area contributed by atoms with Crippen LogP contribution in [0.1, 0.15) is 26.2 Å². The second-order valence-corrected chi connectivity index (χ2v) is 5.21. The Morgan fingerprint density at radius 3 is 2.74 bits per heavy atom. The topological polar surface area (TPSA) is 102 Å². The lowest BCUT2D eigenvalue weighted by Gasteiger charge is -2.27. The second kappa shape index (κ2) is 6.59. The Morgan fingerprint density at radius 2 is 2.00 bits per heavy atom. The zero-order chi connectivity index (χ0) is 16.2. The van der Waals surface area contributed by atoms with Gasteiger partial charge in [0.15, 0.2) is 5.65 Å². The highest BCUT2D eigenvalue weighted by Gasteiger charge is 2.19. The van der Waals surface area contributed by atoms with E-state index in [0.29, 0.717) is 5.65 Å². The highest BCUT2D eigenvalue weighted by atomic mass is 16.5. The minimum atomic E-state index is -0.962. The molecule has 0 saturated carbocycles. The lowest BCUT2D eigenvalue weighted by atomic mass is 10.1. The van der Waals surface area contributed by atoms with E-state index in [1.165, 1.54) is 10.9 Å². The zero-order valence-electron chi connectivity index (χ0n) is 12.9. The molecule has 1 fully saturated rings. The number of rotatable bonds is 3. The number of anilines is 2. The van der Waals surface area contributed by atoms with Gasteiger partial charge in [0, 0.05) is 13.1 Å². The van der Waals surface area contributed by atoms with Crippen LogP contribution in [-0.4, -0.2) is 51.4 Å². The predicted octanol–water partition coefficient (Wildman–Crippen LogP) is 0.616. The maximum atomic E-state index is 11.7. The van der Waals surface area contributed by atoms with Gasteiger partial charge >= 0.3 is 11.9 Å². The molecule has 3 heterocycles. The summed E-state index contributed by atoms with van der Waals surface area (Å²) >= 11 is 0. The van der Waals surface area contributed by atoms with Crippen LogP contribution in [0.25, 0.3) is 5.65 Å². The molecule has 1 aliphatic heterocycles. The van der Waals surface area contributed by atoms with E-state index in [2.05, 4.69) is 30.2 Å². The molecular weight excluding hydrogens is 300 g/mol. The van der Waals surface area contributed by atoms with Crippen molar-refractivity contribution in [1.82, 2.24) is 19.8 Å². The van der Waals surface area contributed by atoms with Gasteiger partial charge in [-0.05, 0) is 38.3 Å². The van der Waals surface area contributed by atoms with E-state index in [1.54, 1.807) is 13.0 Å². The normalized spacial score (nSPS) is 14.7. The largest absolute Gasteiger partial charge is 0.459 e. The molecule has 1 N–H and O–H groups in total. The van der Waals surface area contributed by atoms with Gasteiger partial charge in [-0.1, -0.05) is 0 Å².